The van der Waals surface area contributed by atoms with Gasteiger partial charge in [-0.3, -0.25) is 9.89 Å². The first-order valence-electron chi connectivity index (χ1n) is 11.3. The van der Waals surface area contributed by atoms with Crippen molar-refractivity contribution >= 4 is 29.9 Å². The zero-order valence-electron chi connectivity index (χ0n) is 18.4. The van der Waals surface area contributed by atoms with Gasteiger partial charge in [0.05, 0.1) is 12.3 Å². The van der Waals surface area contributed by atoms with E-state index in [9.17, 15) is 0 Å². The van der Waals surface area contributed by atoms with Crippen LogP contribution in [0.1, 0.15) is 43.9 Å². The number of hydrogen-bond donors (Lipinski definition) is 1. The molecule has 0 aliphatic carbocycles. The molecular formula is C24H35IN4O2. The summed E-state index contributed by atoms with van der Waals surface area (Å²) in [5, 5.41) is 3.62. The van der Waals surface area contributed by atoms with Gasteiger partial charge in [0, 0.05) is 39.5 Å². The van der Waals surface area contributed by atoms with Crippen LogP contribution in [0, 0.1) is 0 Å². The van der Waals surface area contributed by atoms with Crippen LogP contribution in [0.2, 0.25) is 0 Å². The van der Waals surface area contributed by atoms with Gasteiger partial charge in [-0.1, -0.05) is 24.6 Å². The molecule has 3 heterocycles. The molecule has 2 fully saturated rings. The molecule has 0 saturated carbocycles. The Morgan fingerprint density at radius 3 is 2.45 bits per heavy atom. The number of guanidine groups is 1. The van der Waals surface area contributed by atoms with Crippen molar-refractivity contribution in [3.63, 3.8) is 0 Å². The Morgan fingerprint density at radius 2 is 1.81 bits per heavy atom. The fourth-order valence-corrected chi connectivity index (χ4v) is 4.52. The van der Waals surface area contributed by atoms with Crippen molar-refractivity contribution in [3.05, 3.63) is 54.5 Å². The Morgan fingerprint density at radius 1 is 1.06 bits per heavy atom. The highest BCUT2D eigenvalue weighted by molar-refractivity contribution is 14.0. The third kappa shape index (κ3) is 6.62. The van der Waals surface area contributed by atoms with Crippen LogP contribution in [-0.4, -0.2) is 61.6 Å². The van der Waals surface area contributed by atoms with Crippen molar-refractivity contribution in [3.8, 4) is 5.75 Å². The van der Waals surface area contributed by atoms with Gasteiger partial charge in [0.2, 0.25) is 0 Å². The average Bonchev–Trinajstić information content (AvgIpc) is 3.33. The van der Waals surface area contributed by atoms with Crippen molar-refractivity contribution < 1.29 is 9.15 Å². The fourth-order valence-electron chi connectivity index (χ4n) is 4.52. The molecule has 7 heteroatoms. The van der Waals surface area contributed by atoms with Crippen LogP contribution in [0.4, 0.5) is 0 Å². The quantitative estimate of drug-likeness (QED) is 0.333. The van der Waals surface area contributed by atoms with E-state index in [2.05, 4.69) is 26.2 Å². The molecule has 0 radical (unpaired) electrons. The molecule has 1 aromatic heterocycles. The van der Waals surface area contributed by atoms with Crippen molar-refractivity contribution in [2.75, 3.05) is 39.8 Å². The molecule has 6 nitrogen and oxygen atoms in total. The van der Waals surface area contributed by atoms with E-state index in [1.54, 1.807) is 6.26 Å². The smallest absolute Gasteiger partial charge is 0.193 e. The fraction of sp³-hybridized carbons (Fsp3) is 0.542. The van der Waals surface area contributed by atoms with Gasteiger partial charge in [0.15, 0.2) is 5.96 Å². The first kappa shape index (κ1) is 23.9. The Hall–Kier alpha value is -1.74. The number of furan rings is 1. The Kier molecular flexibility index (Phi) is 9.52. The summed E-state index contributed by atoms with van der Waals surface area (Å²) in [5.41, 5.74) is 0. The molecule has 0 spiro atoms. The number of likely N-dealkylation sites (tertiary alicyclic amines) is 2. The molecule has 2 saturated heterocycles. The van der Waals surface area contributed by atoms with Crippen molar-refractivity contribution in [2.45, 2.75) is 44.2 Å². The molecular weight excluding hydrogens is 503 g/mol. The van der Waals surface area contributed by atoms with Gasteiger partial charge in [-0.05, 0) is 50.2 Å². The van der Waals surface area contributed by atoms with Crippen LogP contribution < -0.4 is 10.1 Å². The number of aliphatic imine (C=N–C) groups is 1. The maximum Gasteiger partial charge on any atom is 0.193 e. The first-order chi connectivity index (χ1) is 14.8. The lowest BCUT2D eigenvalue weighted by Crippen LogP contribution is -2.49. The van der Waals surface area contributed by atoms with Crippen LogP contribution in [0.25, 0.3) is 0 Å². The van der Waals surface area contributed by atoms with Crippen LogP contribution in [0.15, 0.2) is 58.1 Å². The highest BCUT2D eigenvalue weighted by Gasteiger charge is 2.27. The highest BCUT2D eigenvalue weighted by Crippen LogP contribution is 2.25. The van der Waals surface area contributed by atoms with Gasteiger partial charge < -0.3 is 19.4 Å². The van der Waals surface area contributed by atoms with Gasteiger partial charge >= 0.3 is 0 Å². The minimum Gasteiger partial charge on any atom is -0.490 e. The van der Waals surface area contributed by atoms with E-state index >= 15 is 0 Å². The molecule has 2 aliphatic rings. The lowest BCUT2D eigenvalue weighted by atomic mass is 10.1. The minimum absolute atomic E-state index is 0. The number of halogens is 1. The number of ether oxygens (including phenoxy) is 1. The summed E-state index contributed by atoms with van der Waals surface area (Å²) >= 11 is 0. The molecule has 170 valence electrons. The normalized spacial score (nSPS) is 19.5. The van der Waals surface area contributed by atoms with Crippen LogP contribution in [0.5, 0.6) is 5.75 Å². The van der Waals surface area contributed by atoms with Gasteiger partial charge in [0.25, 0.3) is 0 Å². The predicted octanol–water partition coefficient (Wildman–Crippen LogP) is 4.54. The Bertz CT molecular complexity index is 770. The summed E-state index contributed by atoms with van der Waals surface area (Å²) in [6.45, 7) is 4.97. The van der Waals surface area contributed by atoms with E-state index in [0.717, 1.165) is 63.0 Å². The van der Waals surface area contributed by atoms with Crippen LogP contribution in [0.3, 0.4) is 0 Å². The second-order valence-corrected chi connectivity index (χ2v) is 8.17. The Labute approximate surface area is 203 Å². The van der Waals surface area contributed by atoms with Gasteiger partial charge in [0.1, 0.15) is 17.6 Å². The number of nitrogens with one attached hydrogen (secondary N) is 1. The highest BCUT2D eigenvalue weighted by atomic mass is 127. The zero-order valence-corrected chi connectivity index (χ0v) is 20.7. The number of para-hydroxylation sites is 1. The van der Waals surface area contributed by atoms with Gasteiger partial charge in [-0.25, -0.2) is 0 Å². The van der Waals surface area contributed by atoms with E-state index in [0.29, 0.717) is 0 Å². The molecule has 31 heavy (non-hydrogen) atoms. The number of nitrogens with zero attached hydrogens (tertiary/aromatic N) is 3. The molecule has 0 amide bonds. The van der Waals surface area contributed by atoms with E-state index in [4.69, 9.17) is 9.15 Å². The summed E-state index contributed by atoms with van der Waals surface area (Å²) in [5.74, 6) is 2.97. The second-order valence-electron chi connectivity index (χ2n) is 8.17. The van der Waals surface area contributed by atoms with Crippen LogP contribution in [-0.2, 0) is 0 Å². The molecule has 0 bridgehead atoms. The molecule has 4 rings (SSSR count). The monoisotopic (exact) mass is 538 g/mol. The molecule has 1 unspecified atom stereocenters. The summed E-state index contributed by atoms with van der Waals surface area (Å²) < 4.78 is 11.9. The topological polar surface area (TPSA) is 53.2 Å². The minimum atomic E-state index is 0. The molecule has 1 atom stereocenters. The van der Waals surface area contributed by atoms with Crippen molar-refractivity contribution in [1.29, 1.82) is 0 Å². The summed E-state index contributed by atoms with van der Waals surface area (Å²) in [4.78, 5) is 9.45. The van der Waals surface area contributed by atoms with Gasteiger partial charge in [-0.2, -0.15) is 0 Å². The Balaban J connectivity index is 0.00000272. The number of piperidine rings is 2. The molecule has 2 aromatic rings. The first-order valence-corrected chi connectivity index (χ1v) is 11.3. The third-order valence-corrected chi connectivity index (χ3v) is 6.16. The summed E-state index contributed by atoms with van der Waals surface area (Å²) in [6, 6.07) is 14.4. The third-order valence-electron chi connectivity index (χ3n) is 6.16. The van der Waals surface area contributed by atoms with Gasteiger partial charge in [-0.15, -0.1) is 24.0 Å². The molecule has 1 N–H and O–H groups in total. The van der Waals surface area contributed by atoms with E-state index in [-0.39, 0.29) is 36.1 Å². The number of benzene rings is 1. The standard InChI is InChI=1S/C24H34N4O2.HI/c1-25-24(28-16-12-21(13-17-28)30-20-9-4-2-5-10-20)26-19-22(23-11-8-18-29-23)27-14-6-3-7-15-27;/h2,4-5,8-11,18,21-22H,3,6-7,12-17,19H2,1H3,(H,25,26);1H. The van der Waals surface area contributed by atoms with E-state index < -0.39 is 0 Å². The largest absolute Gasteiger partial charge is 0.490 e. The predicted molar refractivity (Wildman–Crippen MR) is 135 cm³/mol. The molecule has 2 aliphatic heterocycles. The lowest BCUT2D eigenvalue weighted by Gasteiger charge is -2.37. The maximum absolute atomic E-state index is 6.14. The molecule has 1 aromatic carbocycles. The maximum atomic E-state index is 6.14. The average molecular weight is 538 g/mol. The zero-order chi connectivity index (χ0) is 20.6. The van der Waals surface area contributed by atoms with Crippen molar-refractivity contribution in [2.24, 2.45) is 4.99 Å². The SMILES string of the molecule is CN=C(NCC(c1ccco1)N1CCCCC1)N1CCC(Oc2ccccc2)CC1.I. The number of rotatable bonds is 6. The summed E-state index contributed by atoms with van der Waals surface area (Å²) in [7, 11) is 1.87. The van der Waals surface area contributed by atoms with E-state index in [1.807, 2.05) is 43.4 Å². The van der Waals surface area contributed by atoms with Crippen molar-refractivity contribution in [1.82, 2.24) is 15.1 Å². The van der Waals surface area contributed by atoms with E-state index in [1.165, 1.54) is 19.3 Å². The lowest BCUT2D eigenvalue weighted by molar-refractivity contribution is 0.127. The summed E-state index contributed by atoms with van der Waals surface area (Å²) in [6.07, 6.45) is 7.91. The second kappa shape index (κ2) is 12.3. The number of hydrogen-bond acceptors (Lipinski definition) is 4. The van der Waals surface area contributed by atoms with Crippen LogP contribution >= 0.6 is 24.0 Å².